The predicted molar refractivity (Wildman–Crippen MR) is 117 cm³/mol. The molecule has 8 heteroatoms. The average Bonchev–Trinajstić information content (AvgIpc) is 3.30. The molecular formula is C23H24N4O4. The van der Waals surface area contributed by atoms with Gasteiger partial charge in [0, 0.05) is 5.56 Å². The van der Waals surface area contributed by atoms with E-state index >= 15 is 0 Å². The minimum absolute atomic E-state index is 0.288. The predicted octanol–water partition coefficient (Wildman–Crippen LogP) is 3.81. The number of nitrogens with one attached hydrogen (secondary N) is 2. The highest BCUT2D eigenvalue weighted by Gasteiger charge is 2.10. The number of nitrogens with zero attached hydrogens (tertiary/aromatic N) is 2. The molecule has 0 bridgehead atoms. The topological polar surface area (TPSA) is 106 Å². The lowest BCUT2D eigenvalue weighted by Gasteiger charge is -2.05. The number of rotatable bonds is 9. The van der Waals surface area contributed by atoms with Crippen LogP contribution in [0.3, 0.4) is 0 Å². The standard InChI is InChI=1S/C23H24N4O4/c1-3-4-13-31-19-11-9-17(10-12-19)20-14-21(26-25-20)22(28)27-24-15-16-5-7-18(8-6-16)23(29)30-2/h5-12,14-15H,3-4,13H2,1-2H3,(H,25,26)(H,27,28)/b24-15-. The summed E-state index contributed by atoms with van der Waals surface area (Å²) in [6, 6.07) is 15.9. The highest BCUT2D eigenvalue weighted by Crippen LogP contribution is 2.21. The van der Waals surface area contributed by atoms with Crippen molar-refractivity contribution in [1.29, 1.82) is 0 Å². The van der Waals surface area contributed by atoms with Crippen LogP contribution in [-0.2, 0) is 4.74 Å². The molecule has 1 aromatic heterocycles. The smallest absolute Gasteiger partial charge is 0.337 e. The van der Waals surface area contributed by atoms with Crippen molar-refractivity contribution in [3.63, 3.8) is 0 Å². The summed E-state index contributed by atoms with van der Waals surface area (Å²) in [4.78, 5) is 23.7. The third-order valence-corrected chi connectivity index (χ3v) is 4.45. The van der Waals surface area contributed by atoms with Crippen LogP contribution in [0.25, 0.3) is 11.3 Å². The van der Waals surface area contributed by atoms with Crippen LogP contribution in [0.4, 0.5) is 0 Å². The quantitative estimate of drug-likeness (QED) is 0.237. The normalized spacial score (nSPS) is 10.8. The van der Waals surface area contributed by atoms with Crippen molar-refractivity contribution in [3.8, 4) is 17.0 Å². The summed E-state index contributed by atoms with van der Waals surface area (Å²) < 4.78 is 10.3. The summed E-state index contributed by atoms with van der Waals surface area (Å²) in [7, 11) is 1.33. The molecule has 0 radical (unpaired) electrons. The number of aromatic amines is 1. The van der Waals surface area contributed by atoms with Crippen LogP contribution >= 0.6 is 0 Å². The van der Waals surface area contributed by atoms with Crippen LogP contribution in [0.1, 0.15) is 46.2 Å². The number of aromatic nitrogens is 2. The molecule has 0 saturated carbocycles. The van der Waals surface area contributed by atoms with Gasteiger partial charge < -0.3 is 9.47 Å². The van der Waals surface area contributed by atoms with E-state index in [0.717, 1.165) is 29.7 Å². The van der Waals surface area contributed by atoms with E-state index in [1.54, 1.807) is 30.3 Å². The zero-order chi connectivity index (χ0) is 22.1. The third kappa shape index (κ3) is 6.02. The Balaban J connectivity index is 1.56. The summed E-state index contributed by atoms with van der Waals surface area (Å²) in [6.07, 6.45) is 3.58. The minimum atomic E-state index is -0.416. The van der Waals surface area contributed by atoms with Crippen molar-refractivity contribution in [3.05, 3.63) is 71.4 Å². The van der Waals surface area contributed by atoms with Gasteiger partial charge in [0.15, 0.2) is 0 Å². The van der Waals surface area contributed by atoms with E-state index in [0.29, 0.717) is 17.9 Å². The molecule has 0 atom stereocenters. The monoisotopic (exact) mass is 420 g/mol. The lowest BCUT2D eigenvalue weighted by molar-refractivity contribution is 0.0600. The third-order valence-electron chi connectivity index (χ3n) is 4.45. The Morgan fingerprint density at radius 1 is 1.13 bits per heavy atom. The van der Waals surface area contributed by atoms with Gasteiger partial charge >= 0.3 is 5.97 Å². The van der Waals surface area contributed by atoms with Crippen molar-refractivity contribution in [2.24, 2.45) is 5.10 Å². The lowest BCUT2D eigenvalue weighted by atomic mass is 10.1. The number of esters is 1. The molecule has 0 unspecified atom stereocenters. The van der Waals surface area contributed by atoms with E-state index < -0.39 is 11.9 Å². The summed E-state index contributed by atoms with van der Waals surface area (Å²) >= 11 is 0. The molecule has 3 rings (SSSR count). The van der Waals surface area contributed by atoms with Gasteiger partial charge in [-0.3, -0.25) is 9.89 Å². The van der Waals surface area contributed by atoms with Gasteiger partial charge in [-0.25, -0.2) is 10.2 Å². The maximum Gasteiger partial charge on any atom is 0.337 e. The van der Waals surface area contributed by atoms with E-state index in [1.807, 2.05) is 24.3 Å². The molecule has 3 aromatic rings. The number of methoxy groups -OCH3 is 1. The van der Waals surface area contributed by atoms with Gasteiger partial charge in [-0.15, -0.1) is 0 Å². The summed E-state index contributed by atoms with van der Waals surface area (Å²) in [5.74, 6) is -0.0224. The summed E-state index contributed by atoms with van der Waals surface area (Å²) in [5.41, 5.74) is 5.41. The van der Waals surface area contributed by atoms with Gasteiger partial charge in [-0.2, -0.15) is 10.2 Å². The molecule has 0 aliphatic carbocycles. The van der Waals surface area contributed by atoms with Gasteiger partial charge in [0.05, 0.1) is 31.2 Å². The fraction of sp³-hybridized carbons (Fsp3) is 0.217. The number of ether oxygens (including phenoxy) is 2. The van der Waals surface area contributed by atoms with Crippen molar-refractivity contribution >= 4 is 18.1 Å². The Hall–Kier alpha value is -3.94. The first-order valence-corrected chi connectivity index (χ1v) is 9.91. The van der Waals surface area contributed by atoms with Crippen LogP contribution in [0, 0.1) is 0 Å². The molecule has 8 nitrogen and oxygen atoms in total. The van der Waals surface area contributed by atoms with Crippen LogP contribution in [0.5, 0.6) is 5.75 Å². The summed E-state index contributed by atoms with van der Waals surface area (Å²) in [5, 5.41) is 10.8. The van der Waals surface area contributed by atoms with Gasteiger partial charge in [0.2, 0.25) is 0 Å². The second-order valence-electron chi connectivity index (χ2n) is 6.71. The second-order valence-corrected chi connectivity index (χ2v) is 6.71. The summed E-state index contributed by atoms with van der Waals surface area (Å²) in [6.45, 7) is 2.81. The first kappa shape index (κ1) is 21.8. The number of carbonyl (C=O) groups is 2. The Morgan fingerprint density at radius 3 is 2.55 bits per heavy atom. The highest BCUT2D eigenvalue weighted by molar-refractivity contribution is 5.94. The minimum Gasteiger partial charge on any atom is -0.494 e. The number of hydrogen-bond donors (Lipinski definition) is 2. The van der Waals surface area contributed by atoms with E-state index in [4.69, 9.17) is 4.74 Å². The molecule has 1 heterocycles. The molecule has 160 valence electrons. The number of carbonyl (C=O) groups excluding carboxylic acids is 2. The Morgan fingerprint density at radius 2 is 1.87 bits per heavy atom. The molecule has 31 heavy (non-hydrogen) atoms. The largest absolute Gasteiger partial charge is 0.494 e. The molecule has 0 aliphatic heterocycles. The molecule has 0 fully saturated rings. The lowest BCUT2D eigenvalue weighted by Crippen LogP contribution is -2.18. The van der Waals surface area contributed by atoms with Crippen LogP contribution < -0.4 is 10.2 Å². The Kier molecular flexibility index (Phi) is 7.53. The van der Waals surface area contributed by atoms with Gasteiger partial charge in [0.1, 0.15) is 11.4 Å². The average molecular weight is 420 g/mol. The first-order valence-electron chi connectivity index (χ1n) is 9.91. The maximum atomic E-state index is 12.3. The van der Waals surface area contributed by atoms with E-state index in [2.05, 4.69) is 32.4 Å². The Bertz CT molecular complexity index is 1040. The van der Waals surface area contributed by atoms with Crippen molar-refractivity contribution in [2.75, 3.05) is 13.7 Å². The van der Waals surface area contributed by atoms with Crippen LogP contribution in [0.15, 0.2) is 59.7 Å². The number of benzene rings is 2. The van der Waals surface area contributed by atoms with Gasteiger partial charge in [-0.05, 0) is 54.4 Å². The zero-order valence-electron chi connectivity index (χ0n) is 17.4. The van der Waals surface area contributed by atoms with E-state index in [1.165, 1.54) is 13.3 Å². The number of amides is 1. The number of H-pyrrole nitrogens is 1. The fourth-order valence-electron chi connectivity index (χ4n) is 2.69. The zero-order valence-corrected chi connectivity index (χ0v) is 17.4. The first-order chi connectivity index (χ1) is 15.1. The van der Waals surface area contributed by atoms with Crippen molar-refractivity contribution in [1.82, 2.24) is 15.6 Å². The van der Waals surface area contributed by atoms with E-state index in [9.17, 15) is 9.59 Å². The maximum absolute atomic E-state index is 12.3. The molecule has 0 spiro atoms. The Labute approximate surface area is 180 Å². The number of hydrazone groups is 1. The van der Waals surface area contributed by atoms with Crippen LogP contribution in [0.2, 0.25) is 0 Å². The molecule has 0 saturated heterocycles. The second kappa shape index (κ2) is 10.7. The van der Waals surface area contributed by atoms with E-state index in [-0.39, 0.29) is 5.69 Å². The molecule has 2 N–H and O–H groups in total. The number of unbranched alkanes of at least 4 members (excludes halogenated alkanes) is 1. The van der Waals surface area contributed by atoms with Crippen molar-refractivity contribution in [2.45, 2.75) is 19.8 Å². The van der Waals surface area contributed by atoms with Gasteiger partial charge in [-0.1, -0.05) is 25.5 Å². The molecular weight excluding hydrogens is 396 g/mol. The van der Waals surface area contributed by atoms with Crippen molar-refractivity contribution < 1.29 is 19.1 Å². The molecule has 2 aromatic carbocycles. The number of hydrogen-bond acceptors (Lipinski definition) is 6. The molecule has 0 aliphatic rings. The highest BCUT2D eigenvalue weighted by atomic mass is 16.5. The van der Waals surface area contributed by atoms with Crippen LogP contribution in [-0.4, -0.2) is 42.0 Å². The SMILES string of the molecule is CCCCOc1ccc(-c2cc(C(=O)N/N=C\c3ccc(C(=O)OC)cc3)[nH]n2)cc1. The fourth-order valence-corrected chi connectivity index (χ4v) is 2.69. The molecule has 1 amide bonds. The van der Waals surface area contributed by atoms with Gasteiger partial charge in [0.25, 0.3) is 5.91 Å².